The van der Waals surface area contributed by atoms with Gasteiger partial charge in [-0.25, -0.2) is 15.4 Å². The number of hydrogen-bond acceptors (Lipinski definition) is 12. The average Bonchev–Trinajstić information content (AvgIpc) is 3.66. The smallest absolute Gasteiger partial charge is 0.255 e. The number of nitrogens with one attached hydrogen (secondary N) is 3. The third-order valence-electron chi connectivity index (χ3n) is 13.9. The van der Waals surface area contributed by atoms with E-state index in [0.29, 0.717) is 30.4 Å². The Morgan fingerprint density at radius 2 is 1.50 bits per heavy atom. The average molecular weight is 789 g/mol. The lowest BCUT2D eigenvalue weighted by Crippen LogP contribution is -2.52. The van der Waals surface area contributed by atoms with Crippen molar-refractivity contribution >= 4 is 34.9 Å². The molecule has 3 N–H and O–H groups in total. The highest BCUT2D eigenvalue weighted by Crippen LogP contribution is 2.42. The van der Waals surface area contributed by atoms with E-state index >= 15 is 0 Å². The number of imide groups is 1. The second-order valence-electron chi connectivity index (χ2n) is 18.0. The number of anilines is 3. The summed E-state index contributed by atoms with van der Waals surface area (Å²) in [6.07, 6.45) is 9.25. The number of amides is 3. The largest absolute Gasteiger partial charge is 0.488 e. The summed E-state index contributed by atoms with van der Waals surface area (Å²) in [5, 5.41) is 2.39. The first kappa shape index (κ1) is 37.5. The molecule has 58 heavy (non-hydrogen) atoms. The van der Waals surface area contributed by atoms with Crippen molar-refractivity contribution < 1.29 is 19.1 Å². The molecule has 2 aromatic carbocycles. The molecule has 4 saturated heterocycles. The van der Waals surface area contributed by atoms with Crippen molar-refractivity contribution in [3.8, 4) is 5.75 Å². The monoisotopic (exact) mass is 788 g/mol. The maximum Gasteiger partial charge on any atom is 0.255 e. The Balaban J connectivity index is 0.653. The molecule has 3 amide bonds. The standard InChI is InChI=1S/C44H56N10O4/c1-44(12-13-44)58-33-4-5-36-35(23-33)41(49-48-36)37-24-39(46-28-45-37)53-16-10-30(11-17-53)26-51-20-18-50(19-21-51)25-29-8-14-52(15-9-29)32-3-2-31-27-54(43(57)34(31)22-32)38-6-7-40(55)47-42(38)56/h2-5,22-24,28-30,38,41,48-49H,6-21,25-27H2,1H3,(H,47,55,56). The molecule has 3 aromatic rings. The van der Waals surface area contributed by atoms with Gasteiger partial charge >= 0.3 is 0 Å². The number of hydrogen-bond donors (Lipinski definition) is 3. The van der Waals surface area contributed by atoms with E-state index in [4.69, 9.17) is 14.7 Å². The minimum atomic E-state index is -0.578. The molecule has 10 rings (SSSR count). The first-order valence-corrected chi connectivity index (χ1v) is 21.6. The highest BCUT2D eigenvalue weighted by molar-refractivity contribution is 6.05. The number of ether oxygens (including phenoxy) is 1. The number of carbonyl (C=O) groups is 3. The normalized spacial score (nSPS) is 25.4. The summed E-state index contributed by atoms with van der Waals surface area (Å²) < 4.78 is 6.26. The molecular weight excluding hydrogens is 733 g/mol. The predicted octanol–water partition coefficient (Wildman–Crippen LogP) is 3.94. The molecule has 7 heterocycles. The molecule has 0 bridgehead atoms. The third-order valence-corrected chi connectivity index (χ3v) is 13.9. The lowest BCUT2D eigenvalue weighted by molar-refractivity contribution is -0.136. The summed E-state index contributed by atoms with van der Waals surface area (Å²) in [5.74, 6) is 2.60. The highest BCUT2D eigenvalue weighted by atomic mass is 16.5. The Hall–Kier alpha value is -4.79. The predicted molar refractivity (Wildman–Crippen MR) is 221 cm³/mol. The fraction of sp³-hybridized carbons (Fsp3) is 0.568. The van der Waals surface area contributed by atoms with Crippen LogP contribution in [0.2, 0.25) is 0 Å². The lowest BCUT2D eigenvalue weighted by Gasteiger charge is -2.41. The highest BCUT2D eigenvalue weighted by Gasteiger charge is 2.41. The van der Waals surface area contributed by atoms with Gasteiger partial charge in [0.2, 0.25) is 11.8 Å². The van der Waals surface area contributed by atoms with Crippen LogP contribution in [0.3, 0.4) is 0 Å². The van der Waals surface area contributed by atoms with E-state index < -0.39 is 6.04 Å². The van der Waals surface area contributed by atoms with Crippen molar-refractivity contribution in [3.63, 3.8) is 0 Å². The van der Waals surface area contributed by atoms with Gasteiger partial charge in [0.1, 0.15) is 29.5 Å². The Kier molecular flexibility index (Phi) is 9.97. The van der Waals surface area contributed by atoms with E-state index in [-0.39, 0.29) is 35.8 Å². The fourth-order valence-corrected chi connectivity index (χ4v) is 10.0. The van der Waals surface area contributed by atoms with Gasteiger partial charge in [0.25, 0.3) is 5.91 Å². The summed E-state index contributed by atoms with van der Waals surface area (Å²) >= 11 is 0. The van der Waals surface area contributed by atoms with Crippen LogP contribution in [0.15, 0.2) is 48.8 Å². The molecule has 306 valence electrons. The van der Waals surface area contributed by atoms with Crippen LogP contribution < -0.4 is 30.7 Å². The number of carbonyl (C=O) groups excluding carboxylic acids is 3. The maximum atomic E-state index is 13.4. The fourth-order valence-electron chi connectivity index (χ4n) is 10.0. The number of benzene rings is 2. The van der Waals surface area contributed by atoms with E-state index in [9.17, 15) is 14.4 Å². The Bertz CT molecular complexity index is 2050. The van der Waals surface area contributed by atoms with Gasteiger partial charge in [-0.15, -0.1) is 0 Å². The third kappa shape index (κ3) is 7.73. The molecule has 6 aliphatic heterocycles. The Morgan fingerprint density at radius 1 is 0.793 bits per heavy atom. The molecule has 2 unspecified atom stereocenters. The Labute approximate surface area is 340 Å². The van der Waals surface area contributed by atoms with Gasteiger partial charge in [-0.05, 0) is 99.6 Å². The number of fused-ring (bicyclic) bond motifs is 2. The zero-order chi connectivity index (χ0) is 39.4. The van der Waals surface area contributed by atoms with Crippen LogP contribution in [0, 0.1) is 11.8 Å². The molecule has 0 spiro atoms. The molecule has 2 atom stereocenters. The number of piperazine rings is 1. The molecule has 1 saturated carbocycles. The molecule has 5 fully saturated rings. The van der Waals surface area contributed by atoms with Crippen molar-refractivity contribution in [2.45, 2.75) is 82.5 Å². The summed E-state index contributed by atoms with van der Waals surface area (Å²) in [5.41, 5.74) is 12.7. The van der Waals surface area contributed by atoms with E-state index in [1.165, 1.54) is 19.4 Å². The van der Waals surface area contributed by atoms with E-state index in [1.807, 2.05) is 18.2 Å². The first-order chi connectivity index (χ1) is 28.2. The number of piperidine rings is 3. The van der Waals surface area contributed by atoms with Crippen LogP contribution >= 0.6 is 0 Å². The van der Waals surface area contributed by atoms with Crippen LogP contribution in [0.1, 0.15) is 91.5 Å². The van der Waals surface area contributed by atoms with E-state index in [2.05, 4.69) is 67.0 Å². The quantitative estimate of drug-likeness (QED) is 0.257. The van der Waals surface area contributed by atoms with Gasteiger partial charge in [0, 0.05) is 101 Å². The van der Waals surface area contributed by atoms with Gasteiger partial charge in [-0.3, -0.25) is 19.7 Å². The molecular formula is C44H56N10O4. The first-order valence-electron chi connectivity index (χ1n) is 21.6. The number of rotatable bonds is 10. The van der Waals surface area contributed by atoms with E-state index in [1.54, 1.807) is 11.2 Å². The summed E-state index contributed by atoms with van der Waals surface area (Å²) in [6.45, 7) is 13.5. The lowest BCUT2D eigenvalue weighted by atomic mass is 9.94. The van der Waals surface area contributed by atoms with Gasteiger partial charge in [0.15, 0.2) is 0 Å². The second-order valence-corrected chi connectivity index (χ2v) is 18.0. The second kappa shape index (κ2) is 15.4. The van der Waals surface area contributed by atoms with Crippen molar-refractivity contribution in [1.29, 1.82) is 0 Å². The van der Waals surface area contributed by atoms with Crippen LogP contribution in [-0.2, 0) is 16.1 Å². The van der Waals surface area contributed by atoms with Crippen LogP contribution in [0.25, 0.3) is 0 Å². The van der Waals surface area contributed by atoms with Crippen LogP contribution in [0.5, 0.6) is 5.75 Å². The van der Waals surface area contributed by atoms with E-state index in [0.717, 1.165) is 124 Å². The molecule has 1 aliphatic carbocycles. The van der Waals surface area contributed by atoms with Crippen molar-refractivity contribution in [1.82, 2.24) is 35.4 Å². The minimum Gasteiger partial charge on any atom is -0.488 e. The zero-order valence-electron chi connectivity index (χ0n) is 33.6. The zero-order valence-corrected chi connectivity index (χ0v) is 33.6. The summed E-state index contributed by atoms with van der Waals surface area (Å²) in [7, 11) is 0. The minimum absolute atomic E-state index is 0.0155. The van der Waals surface area contributed by atoms with Gasteiger partial charge in [0.05, 0.1) is 17.4 Å². The molecule has 14 heteroatoms. The Morgan fingerprint density at radius 3 is 2.19 bits per heavy atom. The molecule has 7 aliphatic rings. The number of aromatic nitrogens is 2. The van der Waals surface area contributed by atoms with Crippen molar-refractivity contribution in [2.24, 2.45) is 11.8 Å². The molecule has 0 radical (unpaired) electrons. The van der Waals surface area contributed by atoms with Crippen LogP contribution in [-0.4, -0.2) is 119 Å². The van der Waals surface area contributed by atoms with Crippen LogP contribution in [0.4, 0.5) is 17.2 Å². The molecule has 14 nitrogen and oxygen atoms in total. The summed E-state index contributed by atoms with van der Waals surface area (Å²) in [4.78, 5) is 58.7. The topological polar surface area (TPSA) is 139 Å². The number of hydrazine groups is 1. The summed E-state index contributed by atoms with van der Waals surface area (Å²) in [6, 6.07) is 14.0. The maximum absolute atomic E-state index is 13.4. The van der Waals surface area contributed by atoms with Gasteiger partial charge in [-0.1, -0.05) is 6.07 Å². The SMILES string of the molecule is CC1(Oc2ccc3c(c2)C(c2cc(N4CCC(CN5CCN(CC6CCN(c7ccc8c(c7)C(=O)N(C7CCC(=O)NC7=O)C8)CC6)CC5)CC4)ncn2)NN3)CC1. The number of nitrogens with zero attached hydrogens (tertiary/aromatic N) is 7. The molecule has 1 aromatic heterocycles. The van der Waals surface area contributed by atoms with Crippen molar-refractivity contribution in [2.75, 3.05) is 80.7 Å². The van der Waals surface area contributed by atoms with Gasteiger partial charge < -0.3 is 34.7 Å². The van der Waals surface area contributed by atoms with Gasteiger partial charge in [-0.2, -0.15) is 0 Å². The van der Waals surface area contributed by atoms with Crippen molar-refractivity contribution in [3.05, 3.63) is 71.2 Å².